The second-order valence-corrected chi connectivity index (χ2v) is 4.42. The first kappa shape index (κ1) is 14.2. The normalized spacial score (nSPS) is 13.5. The number of Topliss-reactive ketones (excluding diaryl/α,β-unsaturated/α-hetero) is 1. The van der Waals surface area contributed by atoms with Crippen LogP contribution < -0.4 is 16.8 Å². The highest BCUT2D eigenvalue weighted by Gasteiger charge is 2.23. The Labute approximate surface area is 95.6 Å². The molecule has 0 aliphatic carbocycles. The molecule has 0 unspecified atom stereocenters. The third-order valence-electron chi connectivity index (χ3n) is 1.93. The lowest BCUT2D eigenvalue weighted by Gasteiger charge is -2.19. The molecule has 5 nitrogen and oxygen atoms in total. The van der Waals surface area contributed by atoms with E-state index in [0.717, 1.165) is 12.4 Å². The fourth-order valence-corrected chi connectivity index (χ4v) is 0.905. The van der Waals surface area contributed by atoms with E-state index < -0.39 is 5.41 Å². The Hall–Kier alpha value is -1.78. The number of hydrogen-bond donors (Lipinski definition) is 3. The van der Waals surface area contributed by atoms with Crippen molar-refractivity contribution in [2.24, 2.45) is 16.9 Å². The molecule has 0 rings (SSSR count). The van der Waals surface area contributed by atoms with Crippen molar-refractivity contribution in [3.8, 4) is 0 Å². The van der Waals surface area contributed by atoms with Gasteiger partial charge in [0.1, 0.15) is 0 Å². The van der Waals surface area contributed by atoms with Crippen molar-refractivity contribution in [2.75, 3.05) is 0 Å². The van der Waals surface area contributed by atoms with Crippen LogP contribution >= 0.6 is 0 Å². The standard InChI is InChI=1S/C11H19N3O2/c1-7(15)8(5-12)9(6-13)14-10(16)11(2,3)4/h5-6H,12-13H2,1-4H3,(H,14,16)/b8-5-,9-6+. The average Bonchev–Trinajstić information content (AvgIpc) is 2.14. The lowest BCUT2D eigenvalue weighted by Crippen LogP contribution is -2.36. The van der Waals surface area contributed by atoms with Gasteiger partial charge >= 0.3 is 0 Å². The van der Waals surface area contributed by atoms with Gasteiger partial charge in [-0.2, -0.15) is 0 Å². The van der Waals surface area contributed by atoms with Gasteiger partial charge in [-0.15, -0.1) is 0 Å². The van der Waals surface area contributed by atoms with Crippen LogP contribution in [-0.2, 0) is 9.59 Å². The molecule has 0 aliphatic rings. The van der Waals surface area contributed by atoms with Crippen molar-refractivity contribution in [1.29, 1.82) is 0 Å². The Balaban J connectivity index is 4.95. The first-order valence-corrected chi connectivity index (χ1v) is 4.90. The molecule has 0 aromatic heterocycles. The quantitative estimate of drug-likeness (QED) is 0.477. The maximum Gasteiger partial charge on any atom is 0.229 e. The van der Waals surface area contributed by atoms with E-state index >= 15 is 0 Å². The van der Waals surface area contributed by atoms with Crippen LogP contribution in [0, 0.1) is 5.41 Å². The van der Waals surface area contributed by atoms with Gasteiger partial charge in [0.05, 0.1) is 11.3 Å². The minimum absolute atomic E-state index is 0.195. The molecule has 0 saturated carbocycles. The molecule has 0 aromatic rings. The molecule has 1 amide bonds. The highest BCUT2D eigenvalue weighted by atomic mass is 16.2. The lowest BCUT2D eigenvalue weighted by molar-refractivity contribution is -0.127. The van der Waals surface area contributed by atoms with Gasteiger partial charge in [-0.3, -0.25) is 9.59 Å². The Kier molecular flexibility index (Phi) is 4.75. The van der Waals surface area contributed by atoms with Crippen LogP contribution in [0.15, 0.2) is 23.7 Å². The number of rotatable bonds is 3. The molecule has 0 atom stereocenters. The fraction of sp³-hybridized carbons (Fsp3) is 0.455. The summed E-state index contributed by atoms with van der Waals surface area (Å²) in [6.07, 6.45) is 2.29. The van der Waals surface area contributed by atoms with Crippen LogP contribution in [0.3, 0.4) is 0 Å². The second-order valence-electron chi connectivity index (χ2n) is 4.42. The van der Waals surface area contributed by atoms with Gasteiger partial charge in [-0.1, -0.05) is 20.8 Å². The third kappa shape index (κ3) is 3.76. The molecule has 16 heavy (non-hydrogen) atoms. The largest absolute Gasteiger partial charge is 0.404 e. The molecule has 5 N–H and O–H groups in total. The van der Waals surface area contributed by atoms with Crippen LogP contribution in [0.25, 0.3) is 0 Å². The molecular formula is C11H19N3O2. The Morgan fingerprint density at radius 3 is 1.88 bits per heavy atom. The summed E-state index contributed by atoms with van der Waals surface area (Å²) in [6.45, 7) is 6.63. The van der Waals surface area contributed by atoms with Crippen molar-refractivity contribution in [3.05, 3.63) is 23.7 Å². The van der Waals surface area contributed by atoms with E-state index in [9.17, 15) is 9.59 Å². The zero-order chi connectivity index (χ0) is 12.9. The van der Waals surface area contributed by atoms with E-state index in [1.165, 1.54) is 6.92 Å². The molecule has 0 fully saturated rings. The predicted octanol–water partition coefficient (Wildman–Crippen LogP) is 0.380. The Bertz CT molecular complexity index is 349. The second kappa shape index (κ2) is 5.34. The van der Waals surface area contributed by atoms with Crippen LogP contribution in [0.1, 0.15) is 27.7 Å². The molecule has 0 spiro atoms. The predicted molar refractivity (Wildman–Crippen MR) is 62.8 cm³/mol. The van der Waals surface area contributed by atoms with E-state index in [-0.39, 0.29) is 23.0 Å². The topological polar surface area (TPSA) is 98.2 Å². The van der Waals surface area contributed by atoms with Crippen molar-refractivity contribution >= 4 is 11.7 Å². The van der Waals surface area contributed by atoms with E-state index in [0.29, 0.717) is 0 Å². The Morgan fingerprint density at radius 2 is 1.62 bits per heavy atom. The molecule has 0 saturated heterocycles. The molecule has 0 radical (unpaired) electrons. The van der Waals surface area contributed by atoms with Crippen molar-refractivity contribution in [1.82, 2.24) is 5.32 Å². The van der Waals surface area contributed by atoms with Crippen LogP contribution in [0.2, 0.25) is 0 Å². The summed E-state index contributed by atoms with van der Waals surface area (Å²) in [5, 5.41) is 2.57. The number of amides is 1. The minimum atomic E-state index is -0.565. The number of ketones is 1. The van der Waals surface area contributed by atoms with Gasteiger partial charge in [-0.05, 0) is 6.92 Å². The summed E-state index contributed by atoms with van der Waals surface area (Å²) >= 11 is 0. The van der Waals surface area contributed by atoms with Crippen LogP contribution in [0.5, 0.6) is 0 Å². The SMILES string of the molecule is CC(=O)C(=C/N)/C(=C\N)NC(=O)C(C)(C)C. The monoisotopic (exact) mass is 225 g/mol. The number of nitrogens with two attached hydrogens (primary N) is 2. The van der Waals surface area contributed by atoms with Gasteiger partial charge in [0, 0.05) is 17.8 Å². The minimum Gasteiger partial charge on any atom is -0.404 e. The van der Waals surface area contributed by atoms with E-state index in [4.69, 9.17) is 11.5 Å². The summed E-state index contributed by atoms with van der Waals surface area (Å²) < 4.78 is 0. The van der Waals surface area contributed by atoms with Crippen LogP contribution in [-0.4, -0.2) is 11.7 Å². The molecule has 0 heterocycles. The average molecular weight is 225 g/mol. The third-order valence-corrected chi connectivity index (χ3v) is 1.93. The number of allylic oxidation sites excluding steroid dienone is 1. The molecule has 0 aliphatic heterocycles. The van der Waals surface area contributed by atoms with Crippen LogP contribution in [0.4, 0.5) is 0 Å². The zero-order valence-electron chi connectivity index (χ0n) is 10.1. The van der Waals surface area contributed by atoms with E-state index in [2.05, 4.69) is 5.32 Å². The summed E-state index contributed by atoms with van der Waals surface area (Å²) in [5.41, 5.74) is 10.5. The van der Waals surface area contributed by atoms with Gasteiger partial charge in [0.15, 0.2) is 5.78 Å². The van der Waals surface area contributed by atoms with Crippen molar-refractivity contribution in [3.63, 3.8) is 0 Å². The fourth-order valence-electron chi connectivity index (χ4n) is 0.905. The molecule has 90 valence electrons. The smallest absolute Gasteiger partial charge is 0.229 e. The summed E-state index contributed by atoms with van der Waals surface area (Å²) in [5.74, 6) is -0.488. The highest BCUT2D eigenvalue weighted by Crippen LogP contribution is 2.15. The van der Waals surface area contributed by atoms with Gasteiger partial charge in [0.25, 0.3) is 0 Å². The number of carbonyl (C=O) groups is 2. The summed E-state index contributed by atoms with van der Waals surface area (Å²) in [6, 6.07) is 0. The number of carbonyl (C=O) groups excluding carboxylic acids is 2. The van der Waals surface area contributed by atoms with Crippen molar-refractivity contribution < 1.29 is 9.59 Å². The maximum absolute atomic E-state index is 11.7. The van der Waals surface area contributed by atoms with Gasteiger partial charge in [0.2, 0.25) is 5.91 Å². The first-order chi connectivity index (χ1) is 7.23. The maximum atomic E-state index is 11.7. The molecule has 0 aromatic carbocycles. The molecular weight excluding hydrogens is 206 g/mol. The van der Waals surface area contributed by atoms with Gasteiger partial charge in [-0.25, -0.2) is 0 Å². The lowest BCUT2D eigenvalue weighted by atomic mass is 9.95. The van der Waals surface area contributed by atoms with E-state index in [1.54, 1.807) is 20.8 Å². The molecule has 0 bridgehead atoms. The highest BCUT2D eigenvalue weighted by molar-refractivity contribution is 5.99. The number of hydrogen-bond acceptors (Lipinski definition) is 4. The zero-order valence-corrected chi connectivity index (χ0v) is 10.1. The summed E-state index contributed by atoms with van der Waals surface area (Å²) in [7, 11) is 0. The van der Waals surface area contributed by atoms with Crippen molar-refractivity contribution in [2.45, 2.75) is 27.7 Å². The van der Waals surface area contributed by atoms with Gasteiger partial charge < -0.3 is 16.8 Å². The van der Waals surface area contributed by atoms with E-state index in [1.807, 2.05) is 0 Å². The summed E-state index contributed by atoms with van der Waals surface area (Å²) in [4.78, 5) is 22.9. The Morgan fingerprint density at radius 1 is 1.12 bits per heavy atom. The molecule has 5 heteroatoms. The number of nitrogens with one attached hydrogen (secondary N) is 1. The first-order valence-electron chi connectivity index (χ1n) is 4.90.